The summed E-state index contributed by atoms with van der Waals surface area (Å²) in [5, 5.41) is 9.21. The third-order valence-corrected chi connectivity index (χ3v) is 3.97. The number of carbonyl (C=O) groups is 1. The SMILES string of the molecule is CCN(C(=O)CN1CC(O)C1)C1CCCCC1. The van der Waals surface area contributed by atoms with E-state index in [1.54, 1.807) is 0 Å². The van der Waals surface area contributed by atoms with Crippen LogP contribution in [0.4, 0.5) is 0 Å². The van der Waals surface area contributed by atoms with Crippen molar-refractivity contribution in [3.05, 3.63) is 0 Å². The van der Waals surface area contributed by atoms with Gasteiger partial charge in [-0.15, -0.1) is 0 Å². The fraction of sp³-hybridized carbons (Fsp3) is 0.923. The van der Waals surface area contributed by atoms with Crippen LogP contribution in [0.2, 0.25) is 0 Å². The maximum Gasteiger partial charge on any atom is 0.236 e. The number of hydrogen-bond donors (Lipinski definition) is 1. The Morgan fingerprint density at radius 2 is 1.94 bits per heavy atom. The number of carbonyl (C=O) groups excluding carboxylic acids is 1. The summed E-state index contributed by atoms with van der Waals surface area (Å²) in [5.74, 6) is 0.242. The van der Waals surface area contributed by atoms with Crippen molar-refractivity contribution in [1.82, 2.24) is 9.80 Å². The van der Waals surface area contributed by atoms with E-state index in [2.05, 4.69) is 6.92 Å². The third kappa shape index (κ3) is 3.19. The van der Waals surface area contributed by atoms with Gasteiger partial charge in [0.05, 0.1) is 12.6 Å². The molecule has 2 aliphatic rings. The van der Waals surface area contributed by atoms with Gasteiger partial charge in [-0.05, 0) is 19.8 Å². The Labute approximate surface area is 104 Å². The molecule has 1 aliphatic carbocycles. The number of amides is 1. The topological polar surface area (TPSA) is 43.8 Å². The highest BCUT2D eigenvalue weighted by Gasteiger charge is 2.30. The van der Waals surface area contributed by atoms with Crippen LogP contribution in [-0.4, -0.2) is 59.1 Å². The Kier molecular flexibility index (Phi) is 4.40. The van der Waals surface area contributed by atoms with Gasteiger partial charge in [0.1, 0.15) is 0 Å². The van der Waals surface area contributed by atoms with Crippen molar-refractivity contribution in [2.45, 2.75) is 51.2 Å². The monoisotopic (exact) mass is 240 g/mol. The van der Waals surface area contributed by atoms with Gasteiger partial charge >= 0.3 is 0 Å². The van der Waals surface area contributed by atoms with Crippen LogP contribution < -0.4 is 0 Å². The number of likely N-dealkylation sites (tertiary alicyclic amines) is 1. The normalized spacial score (nSPS) is 23.4. The van der Waals surface area contributed by atoms with Crippen LogP contribution >= 0.6 is 0 Å². The summed E-state index contributed by atoms with van der Waals surface area (Å²) >= 11 is 0. The highest BCUT2D eigenvalue weighted by atomic mass is 16.3. The molecule has 1 saturated heterocycles. The molecular weight excluding hydrogens is 216 g/mol. The quantitative estimate of drug-likeness (QED) is 0.792. The van der Waals surface area contributed by atoms with Crippen molar-refractivity contribution < 1.29 is 9.90 Å². The molecule has 0 unspecified atom stereocenters. The van der Waals surface area contributed by atoms with Crippen molar-refractivity contribution >= 4 is 5.91 Å². The summed E-state index contributed by atoms with van der Waals surface area (Å²) in [6.45, 7) is 4.70. The van der Waals surface area contributed by atoms with Gasteiger partial charge in [-0.1, -0.05) is 19.3 Å². The van der Waals surface area contributed by atoms with Gasteiger partial charge in [0.25, 0.3) is 0 Å². The van der Waals surface area contributed by atoms with E-state index in [0.717, 1.165) is 6.54 Å². The molecular formula is C13H24N2O2. The van der Waals surface area contributed by atoms with E-state index in [9.17, 15) is 9.90 Å². The average molecular weight is 240 g/mol. The zero-order chi connectivity index (χ0) is 12.3. The lowest BCUT2D eigenvalue weighted by atomic mass is 9.94. The molecule has 1 heterocycles. The fourth-order valence-electron chi connectivity index (χ4n) is 2.98. The number of rotatable bonds is 4. The van der Waals surface area contributed by atoms with Crippen molar-refractivity contribution in [3.63, 3.8) is 0 Å². The molecule has 17 heavy (non-hydrogen) atoms. The van der Waals surface area contributed by atoms with Crippen LogP contribution in [0.1, 0.15) is 39.0 Å². The Hall–Kier alpha value is -0.610. The Morgan fingerprint density at radius 3 is 2.47 bits per heavy atom. The second kappa shape index (κ2) is 5.83. The molecule has 0 bridgehead atoms. The van der Waals surface area contributed by atoms with Crippen molar-refractivity contribution in [3.8, 4) is 0 Å². The molecule has 1 N–H and O–H groups in total. The molecule has 0 aromatic heterocycles. The summed E-state index contributed by atoms with van der Waals surface area (Å²) in [6.07, 6.45) is 5.96. The predicted octanol–water partition coefficient (Wildman–Crippen LogP) is 0.844. The summed E-state index contributed by atoms with van der Waals surface area (Å²) in [5.41, 5.74) is 0. The second-order valence-corrected chi connectivity index (χ2v) is 5.32. The molecule has 0 aromatic carbocycles. The lowest BCUT2D eigenvalue weighted by Crippen LogP contribution is -2.55. The number of hydrogen-bond acceptors (Lipinski definition) is 3. The highest BCUT2D eigenvalue weighted by molar-refractivity contribution is 5.78. The van der Waals surface area contributed by atoms with E-state index in [1.165, 1.54) is 32.1 Å². The van der Waals surface area contributed by atoms with Gasteiger partial charge in [0.2, 0.25) is 5.91 Å². The molecule has 0 aromatic rings. The second-order valence-electron chi connectivity index (χ2n) is 5.32. The number of likely N-dealkylation sites (N-methyl/N-ethyl adjacent to an activating group) is 1. The summed E-state index contributed by atoms with van der Waals surface area (Å²) < 4.78 is 0. The molecule has 2 rings (SSSR count). The summed E-state index contributed by atoms with van der Waals surface area (Å²) in [7, 11) is 0. The van der Waals surface area contributed by atoms with Crippen LogP contribution in [0.25, 0.3) is 0 Å². The van der Waals surface area contributed by atoms with E-state index in [0.29, 0.717) is 25.7 Å². The average Bonchev–Trinajstić information content (AvgIpc) is 2.29. The first-order chi connectivity index (χ1) is 8.20. The number of nitrogens with zero attached hydrogens (tertiary/aromatic N) is 2. The first-order valence-corrected chi connectivity index (χ1v) is 6.90. The molecule has 4 nitrogen and oxygen atoms in total. The van der Waals surface area contributed by atoms with Crippen LogP contribution in [0.3, 0.4) is 0 Å². The zero-order valence-corrected chi connectivity index (χ0v) is 10.8. The van der Waals surface area contributed by atoms with E-state index in [4.69, 9.17) is 0 Å². The Bertz CT molecular complexity index is 258. The zero-order valence-electron chi connectivity index (χ0n) is 10.8. The smallest absolute Gasteiger partial charge is 0.236 e. The fourth-order valence-corrected chi connectivity index (χ4v) is 2.98. The largest absolute Gasteiger partial charge is 0.390 e. The molecule has 1 amide bonds. The molecule has 98 valence electrons. The lowest BCUT2D eigenvalue weighted by molar-refractivity contribution is -0.137. The van der Waals surface area contributed by atoms with Crippen LogP contribution in [0.15, 0.2) is 0 Å². The van der Waals surface area contributed by atoms with Gasteiger partial charge < -0.3 is 10.0 Å². The van der Waals surface area contributed by atoms with Crippen LogP contribution in [0.5, 0.6) is 0 Å². The number of aliphatic hydroxyl groups excluding tert-OH is 1. The standard InChI is InChI=1S/C13H24N2O2/c1-2-15(11-6-4-3-5-7-11)13(17)10-14-8-12(16)9-14/h11-12,16H,2-10H2,1H3. The Morgan fingerprint density at radius 1 is 1.29 bits per heavy atom. The van der Waals surface area contributed by atoms with Crippen molar-refractivity contribution in [2.24, 2.45) is 0 Å². The first kappa shape index (κ1) is 12.8. The molecule has 1 saturated carbocycles. The molecule has 0 radical (unpaired) electrons. The molecule has 2 fully saturated rings. The van der Waals surface area contributed by atoms with Crippen LogP contribution in [-0.2, 0) is 4.79 Å². The van der Waals surface area contributed by atoms with Crippen molar-refractivity contribution in [2.75, 3.05) is 26.2 Å². The van der Waals surface area contributed by atoms with E-state index >= 15 is 0 Å². The number of aliphatic hydroxyl groups is 1. The predicted molar refractivity (Wildman–Crippen MR) is 66.7 cm³/mol. The molecule has 1 aliphatic heterocycles. The molecule has 0 spiro atoms. The van der Waals surface area contributed by atoms with Gasteiger partial charge in [-0.3, -0.25) is 9.69 Å². The van der Waals surface area contributed by atoms with E-state index in [-0.39, 0.29) is 12.0 Å². The van der Waals surface area contributed by atoms with Gasteiger partial charge in [0.15, 0.2) is 0 Å². The summed E-state index contributed by atoms with van der Waals surface area (Å²) in [4.78, 5) is 16.3. The van der Waals surface area contributed by atoms with Crippen LogP contribution in [0, 0.1) is 0 Å². The van der Waals surface area contributed by atoms with Gasteiger partial charge in [-0.25, -0.2) is 0 Å². The Balaban J connectivity index is 1.81. The maximum absolute atomic E-state index is 12.2. The highest BCUT2D eigenvalue weighted by Crippen LogP contribution is 2.23. The minimum absolute atomic E-state index is 0.215. The third-order valence-electron chi connectivity index (χ3n) is 3.97. The first-order valence-electron chi connectivity index (χ1n) is 6.90. The summed E-state index contributed by atoms with van der Waals surface area (Å²) in [6, 6.07) is 0.465. The van der Waals surface area contributed by atoms with E-state index in [1.807, 2.05) is 9.80 Å². The van der Waals surface area contributed by atoms with Gasteiger partial charge in [0, 0.05) is 25.7 Å². The minimum Gasteiger partial charge on any atom is -0.390 e. The molecule has 0 atom stereocenters. The minimum atomic E-state index is -0.215. The maximum atomic E-state index is 12.2. The lowest BCUT2D eigenvalue weighted by Gasteiger charge is -2.39. The van der Waals surface area contributed by atoms with Crippen molar-refractivity contribution in [1.29, 1.82) is 0 Å². The number of β-amino-alcohol motifs (C(OH)–C–C–N with tert-alkyl or cyclic N) is 1. The van der Waals surface area contributed by atoms with E-state index < -0.39 is 0 Å². The van der Waals surface area contributed by atoms with Gasteiger partial charge in [-0.2, -0.15) is 0 Å². The molecule has 4 heteroatoms.